The van der Waals surface area contributed by atoms with E-state index in [1.807, 2.05) is 0 Å². The first-order chi connectivity index (χ1) is 9.50. The van der Waals surface area contributed by atoms with E-state index in [2.05, 4.69) is 10.3 Å². The third kappa shape index (κ3) is 3.68. The molecular weight excluding hydrogens is 278 g/mol. The summed E-state index contributed by atoms with van der Waals surface area (Å²) >= 11 is 0. The first kappa shape index (κ1) is 15.2. The van der Waals surface area contributed by atoms with Crippen LogP contribution in [0.4, 0.5) is 0 Å². The Balaban J connectivity index is 1.94. The van der Waals surface area contributed by atoms with Gasteiger partial charge < -0.3 is 10.1 Å². The van der Waals surface area contributed by atoms with Gasteiger partial charge in [0.25, 0.3) is 0 Å². The van der Waals surface area contributed by atoms with Crippen molar-refractivity contribution in [3.05, 3.63) is 18.3 Å². The Labute approximate surface area is 120 Å². The van der Waals surface area contributed by atoms with E-state index in [0.29, 0.717) is 18.4 Å². The molecule has 0 amide bonds. The molecule has 1 aromatic heterocycles. The van der Waals surface area contributed by atoms with Crippen LogP contribution in [0.2, 0.25) is 0 Å². The molecule has 0 aliphatic carbocycles. The zero-order valence-corrected chi connectivity index (χ0v) is 12.7. The van der Waals surface area contributed by atoms with Crippen LogP contribution in [0.25, 0.3) is 0 Å². The minimum absolute atomic E-state index is 0.175. The maximum absolute atomic E-state index is 11.9. The quantitative estimate of drug-likeness (QED) is 0.867. The van der Waals surface area contributed by atoms with Crippen LogP contribution in [-0.2, 0) is 10.0 Å². The van der Waals surface area contributed by atoms with Crippen molar-refractivity contribution in [2.75, 3.05) is 33.8 Å². The van der Waals surface area contributed by atoms with Crippen LogP contribution in [0.3, 0.4) is 0 Å². The molecule has 1 N–H and O–H groups in total. The van der Waals surface area contributed by atoms with Gasteiger partial charge in [-0.25, -0.2) is 17.7 Å². The van der Waals surface area contributed by atoms with Gasteiger partial charge in [0.1, 0.15) is 4.90 Å². The van der Waals surface area contributed by atoms with Crippen molar-refractivity contribution in [2.24, 2.45) is 5.92 Å². The van der Waals surface area contributed by atoms with Crippen molar-refractivity contribution in [3.8, 4) is 5.88 Å². The average Bonchev–Trinajstić information content (AvgIpc) is 2.46. The van der Waals surface area contributed by atoms with E-state index in [0.717, 1.165) is 23.8 Å². The van der Waals surface area contributed by atoms with Crippen LogP contribution in [0.5, 0.6) is 5.88 Å². The van der Waals surface area contributed by atoms with E-state index in [1.165, 1.54) is 32.8 Å². The van der Waals surface area contributed by atoms with Crippen molar-refractivity contribution in [1.82, 2.24) is 14.6 Å². The van der Waals surface area contributed by atoms with Gasteiger partial charge in [-0.3, -0.25) is 0 Å². The molecule has 2 heterocycles. The fraction of sp³-hybridized carbons (Fsp3) is 0.615. The summed E-state index contributed by atoms with van der Waals surface area (Å²) in [6.07, 6.45) is 3.66. The SMILES string of the molecule is CN(C)S(=O)(=O)c1ccc(OCC2CCCNC2)nc1. The summed E-state index contributed by atoms with van der Waals surface area (Å²) in [6.45, 7) is 2.65. The Kier molecular flexibility index (Phi) is 4.95. The number of nitrogens with one attached hydrogen (secondary N) is 1. The second-order valence-electron chi connectivity index (χ2n) is 5.14. The van der Waals surface area contributed by atoms with Gasteiger partial charge >= 0.3 is 0 Å². The van der Waals surface area contributed by atoms with Gasteiger partial charge in [0.05, 0.1) is 12.8 Å². The third-order valence-corrected chi connectivity index (χ3v) is 5.15. The largest absolute Gasteiger partial charge is 0.477 e. The summed E-state index contributed by atoms with van der Waals surface area (Å²) < 4.78 is 30.5. The number of hydrogen-bond acceptors (Lipinski definition) is 5. The number of piperidine rings is 1. The van der Waals surface area contributed by atoms with Crippen LogP contribution in [0.1, 0.15) is 12.8 Å². The Hall–Kier alpha value is -1.18. The molecule has 1 aromatic rings. The summed E-state index contributed by atoms with van der Waals surface area (Å²) in [5.41, 5.74) is 0. The van der Waals surface area contributed by atoms with E-state index in [4.69, 9.17) is 4.74 Å². The first-order valence-corrected chi connectivity index (χ1v) is 8.16. The minimum atomic E-state index is -3.42. The van der Waals surface area contributed by atoms with Gasteiger partial charge in [-0.1, -0.05) is 0 Å². The normalized spacial score (nSPS) is 20.1. The zero-order valence-electron chi connectivity index (χ0n) is 11.9. The lowest BCUT2D eigenvalue weighted by atomic mass is 10.0. The van der Waals surface area contributed by atoms with Crippen LogP contribution < -0.4 is 10.1 Å². The number of nitrogens with zero attached hydrogens (tertiary/aromatic N) is 2. The maximum Gasteiger partial charge on any atom is 0.244 e. The molecule has 2 rings (SSSR count). The molecule has 0 saturated carbocycles. The summed E-state index contributed by atoms with van der Waals surface area (Å²) in [4.78, 5) is 4.24. The van der Waals surface area contributed by atoms with Crippen LogP contribution >= 0.6 is 0 Å². The number of ether oxygens (including phenoxy) is 1. The van der Waals surface area contributed by atoms with Crippen molar-refractivity contribution in [3.63, 3.8) is 0 Å². The monoisotopic (exact) mass is 299 g/mol. The highest BCUT2D eigenvalue weighted by Crippen LogP contribution is 2.17. The van der Waals surface area contributed by atoms with E-state index >= 15 is 0 Å². The molecule has 1 atom stereocenters. The molecule has 1 aliphatic heterocycles. The van der Waals surface area contributed by atoms with Gasteiger partial charge in [0.2, 0.25) is 15.9 Å². The second kappa shape index (κ2) is 6.51. The topological polar surface area (TPSA) is 71.5 Å². The molecule has 1 saturated heterocycles. The van der Waals surface area contributed by atoms with E-state index < -0.39 is 10.0 Å². The fourth-order valence-electron chi connectivity index (χ4n) is 2.08. The molecule has 1 fully saturated rings. The molecule has 7 heteroatoms. The molecule has 20 heavy (non-hydrogen) atoms. The predicted molar refractivity (Wildman–Crippen MR) is 76.2 cm³/mol. The van der Waals surface area contributed by atoms with Crippen LogP contribution in [-0.4, -0.2) is 51.5 Å². The summed E-state index contributed by atoms with van der Waals surface area (Å²) in [6, 6.07) is 3.13. The standard InChI is InChI=1S/C13H21N3O3S/c1-16(2)20(17,18)12-5-6-13(15-9-12)19-10-11-4-3-7-14-8-11/h5-6,9,11,14H,3-4,7-8,10H2,1-2H3. The molecule has 0 spiro atoms. The Morgan fingerprint density at radius 3 is 2.80 bits per heavy atom. The minimum Gasteiger partial charge on any atom is -0.477 e. The highest BCUT2D eigenvalue weighted by molar-refractivity contribution is 7.89. The van der Waals surface area contributed by atoms with Crippen LogP contribution in [0, 0.1) is 5.92 Å². The average molecular weight is 299 g/mol. The Morgan fingerprint density at radius 2 is 2.25 bits per heavy atom. The molecule has 1 aliphatic rings. The number of pyridine rings is 1. The summed E-state index contributed by atoms with van der Waals surface area (Å²) in [7, 11) is -0.432. The smallest absolute Gasteiger partial charge is 0.244 e. The Morgan fingerprint density at radius 1 is 1.45 bits per heavy atom. The maximum atomic E-state index is 11.9. The first-order valence-electron chi connectivity index (χ1n) is 6.72. The van der Waals surface area contributed by atoms with E-state index in [9.17, 15) is 8.42 Å². The van der Waals surface area contributed by atoms with Gasteiger partial charge in [-0.2, -0.15) is 0 Å². The van der Waals surface area contributed by atoms with Crippen molar-refractivity contribution in [1.29, 1.82) is 0 Å². The molecular formula is C13H21N3O3S. The van der Waals surface area contributed by atoms with Gasteiger partial charge in [-0.05, 0) is 25.5 Å². The second-order valence-corrected chi connectivity index (χ2v) is 7.29. The zero-order chi connectivity index (χ0) is 14.6. The van der Waals surface area contributed by atoms with Gasteiger partial charge in [-0.15, -0.1) is 0 Å². The van der Waals surface area contributed by atoms with Crippen molar-refractivity contribution >= 4 is 10.0 Å². The summed E-state index contributed by atoms with van der Waals surface area (Å²) in [5.74, 6) is 0.962. The Bertz CT molecular complexity index is 522. The number of aromatic nitrogens is 1. The molecule has 6 nitrogen and oxygen atoms in total. The number of hydrogen-bond donors (Lipinski definition) is 1. The van der Waals surface area contributed by atoms with Gasteiger partial charge in [0, 0.05) is 32.6 Å². The number of sulfonamides is 1. The van der Waals surface area contributed by atoms with Crippen LogP contribution in [0.15, 0.2) is 23.2 Å². The highest BCUT2D eigenvalue weighted by Gasteiger charge is 2.18. The van der Waals surface area contributed by atoms with Gasteiger partial charge in [0.15, 0.2) is 0 Å². The van der Waals surface area contributed by atoms with E-state index in [1.54, 1.807) is 6.07 Å². The number of rotatable bonds is 5. The molecule has 1 unspecified atom stereocenters. The molecule has 112 valence electrons. The fourth-order valence-corrected chi connectivity index (χ4v) is 2.93. The third-order valence-electron chi connectivity index (χ3n) is 3.35. The highest BCUT2D eigenvalue weighted by atomic mass is 32.2. The molecule has 0 aromatic carbocycles. The molecule has 0 bridgehead atoms. The molecule has 0 radical (unpaired) electrons. The van der Waals surface area contributed by atoms with Crippen molar-refractivity contribution < 1.29 is 13.2 Å². The lowest BCUT2D eigenvalue weighted by Crippen LogP contribution is -2.33. The lowest BCUT2D eigenvalue weighted by molar-refractivity contribution is 0.212. The summed E-state index contributed by atoms with van der Waals surface area (Å²) in [5, 5.41) is 3.33. The van der Waals surface area contributed by atoms with Crippen molar-refractivity contribution in [2.45, 2.75) is 17.7 Å². The lowest BCUT2D eigenvalue weighted by Gasteiger charge is -2.22. The predicted octanol–water partition coefficient (Wildman–Crippen LogP) is 0.710. The van der Waals surface area contributed by atoms with E-state index in [-0.39, 0.29) is 4.90 Å².